The first-order valence-corrected chi connectivity index (χ1v) is 9.65. The Morgan fingerprint density at radius 2 is 1.59 bits per heavy atom. The molecule has 29 heavy (non-hydrogen) atoms. The van der Waals surface area contributed by atoms with E-state index in [-0.39, 0.29) is 18.1 Å². The van der Waals surface area contributed by atoms with Gasteiger partial charge in [-0.2, -0.15) is 0 Å². The van der Waals surface area contributed by atoms with Crippen LogP contribution in [-0.4, -0.2) is 33.7 Å². The van der Waals surface area contributed by atoms with Crippen molar-refractivity contribution in [3.05, 3.63) is 82.3 Å². The number of aromatic nitrogens is 2. The van der Waals surface area contributed by atoms with Gasteiger partial charge in [-0.05, 0) is 38.2 Å². The molecule has 1 aromatic heterocycles. The predicted octanol–water partition coefficient (Wildman–Crippen LogP) is 3.90. The minimum atomic E-state index is -1.31. The molecule has 146 valence electrons. The van der Waals surface area contributed by atoms with Gasteiger partial charge in [-0.25, -0.2) is 19.6 Å². The number of nitrogens with one attached hydrogen (secondary N) is 1. The number of nitrogens with zero attached hydrogens (tertiary/aromatic N) is 2. The first kappa shape index (κ1) is 19.1. The summed E-state index contributed by atoms with van der Waals surface area (Å²) in [6, 6.07) is 14.7. The average molecular weight is 454 g/mol. The molecule has 0 aliphatic heterocycles. The van der Waals surface area contributed by atoms with Crippen LogP contribution in [0.1, 0.15) is 28.7 Å². The number of carbonyl (C=O) groups excluding carboxylic acids is 1. The fourth-order valence-electron chi connectivity index (χ4n) is 3.52. The highest BCUT2D eigenvalue weighted by molar-refractivity contribution is 9.10. The molecule has 4 rings (SSSR count). The van der Waals surface area contributed by atoms with Gasteiger partial charge in [0.2, 0.25) is 0 Å². The molecule has 0 spiro atoms. The van der Waals surface area contributed by atoms with Gasteiger partial charge in [0, 0.05) is 23.9 Å². The van der Waals surface area contributed by atoms with Crippen molar-refractivity contribution < 1.29 is 19.4 Å². The monoisotopic (exact) mass is 453 g/mol. The number of benzene rings is 2. The van der Waals surface area contributed by atoms with E-state index in [0.29, 0.717) is 4.73 Å². The van der Waals surface area contributed by atoms with E-state index in [2.05, 4.69) is 31.2 Å². The van der Waals surface area contributed by atoms with Crippen LogP contribution in [0.2, 0.25) is 0 Å². The van der Waals surface area contributed by atoms with Crippen molar-refractivity contribution in [1.29, 1.82) is 0 Å². The molecule has 0 radical (unpaired) electrons. The van der Waals surface area contributed by atoms with E-state index < -0.39 is 18.1 Å². The molecule has 1 amide bonds. The SMILES string of the molecule is O=C(NC(C(=O)O)c1cnc(Br)nc1)OCC1c2ccccc2-c2ccccc21. The lowest BCUT2D eigenvalue weighted by Gasteiger charge is -2.17. The Morgan fingerprint density at radius 1 is 1.03 bits per heavy atom. The fraction of sp³-hybridized carbons (Fsp3) is 0.143. The van der Waals surface area contributed by atoms with Crippen LogP contribution in [0.15, 0.2) is 65.7 Å². The number of hydrogen-bond donors (Lipinski definition) is 2. The smallest absolute Gasteiger partial charge is 0.408 e. The molecule has 0 fully saturated rings. The number of carboxylic acids is 1. The van der Waals surface area contributed by atoms with Crippen molar-refractivity contribution >= 4 is 28.0 Å². The van der Waals surface area contributed by atoms with Gasteiger partial charge < -0.3 is 15.2 Å². The Bertz CT molecular complexity index is 1030. The predicted molar refractivity (Wildman–Crippen MR) is 108 cm³/mol. The van der Waals surface area contributed by atoms with Crippen LogP contribution in [0.25, 0.3) is 11.1 Å². The van der Waals surface area contributed by atoms with Gasteiger partial charge in [0.15, 0.2) is 10.8 Å². The van der Waals surface area contributed by atoms with Crippen molar-refractivity contribution in [3.8, 4) is 11.1 Å². The molecular formula is C21H16BrN3O4. The summed E-state index contributed by atoms with van der Waals surface area (Å²) in [6.07, 6.45) is 1.85. The summed E-state index contributed by atoms with van der Waals surface area (Å²) in [4.78, 5) is 31.7. The van der Waals surface area contributed by atoms with Gasteiger partial charge >= 0.3 is 12.1 Å². The Labute approximate surface area is 174 Å². The number of rotatable bonds is 5. The summed E-state index contributed by atoms with van der Waals surface area (Å²) in [7, 11) is 0. The number of aliphatic carboxylic acids is 1. The zero-order valence-corrected chi connectivity index (χ0v) is 16.7. The summed E-state index contributed by atoms with van der Waals surface area (Å²) in [5.74, 6) is -1.34. The van der Waals surface area contributed by atoms with Crippen LogP contribution < -0.4 is 5.32 Å². The van der Waals surface area contributed by atoms with Crippen LogP contribution >= 0.6 is 15.9 Å². The fourth-order valence-corrected chi connectivity index (χ4v) is 3.72. The van der Waals surface area contributed by atoms with E-state index >= 15 is 0 Å². The molecule has 1 heterocycles. The maximum atomic E-state index is 12.3. The third-order valence-electron chi connectivity index (χ3n) is 4.83. The Kier molecular flexibility index (Phi) is 5.26. The summed E-state index contributed by atoms with van der Waals surface area (Å²) in [6.45, 7) is 0.100. The third-order valence-corrected chi connectivity index (χ3v) is 5.24. The van der Waals surface area contributed by atoms with Crippen LogP contribution in [-0.2, 0) is 9.53 Å². The zero-order valence-electron chi connectivity index (χ0n) is 15.1. The van der Waals surface area contributed by atoms with Crippen molar-refractivity contribution in [3.63, 3.8) is 0 Å². The first-order valence-electron chi connectivity index (χ1n) is 8.86. The van der Waals surface area contributed by atoms with Crippen molar-refractivity contribution in [2.75, 3.05) is 6.61 Å². The lowest BCUT2D eigenvalue weighted by molar-refractivity contribution is -0.139. The molecular weight excluding hydrogens is 438 g/mol. The van der Waals surface area contributed by atoms with E-state index in [1.807, 2.05) is 48.5 Å². The summed E-state index contributed by atoms with van der Waals surface area (Å²) in [5, 5.41) is 11.8. The number of ether oxygens (including phenoxy) is 1. The number of carbonyl (C=O) groups is 2. The summed E-state index contributed by atoms with van der Waals surface area (Å²) >= 11 is 3.09. The molecule has 7 nitrogen and oxygen atoms in total. The lowest BCUT2D eigenvalue weighted by atomic mass is 9.98. The Hall–Kier alpha value is -3.26. The number of hydrogen-bond acceptors (Lipinski definition) is 5. The molecule has 1 unspecified atom stereocenters. The molecule has 2 N–H and O–H groups in total. The van der Waals surface area contributed by atoms with Crippen molar-refractivity contribution in [2.45, 2.75) is 12.0 Å². The normalized spacial score (nSPS) is 13.3. The van der Waals surface area contributed by atoms with E-state index in [1.54, 1.807) is 0 Å². The molecule has 1 atom stereocenters. The molecule has 1 aliphatic carbocycles. The van der Waals surface area contributed by atoms with E-state index in [4.69, 9.17) is 4.74 Å². The molecule has 3 aromatic rings. The molecule has 1 aliphatic rings. The van der Waals surface area contributed by atoms with Gasteiger partial charge in [0.05, 0.1) is 0 Å². The second-order valence-corrected chi connectivity index (χ2v) is 7.24. The maximum Gasteiger partial charge on any atom is 0.408 e. The van der Waals surface area contributed by atoms with E-state index in [1.165, 1.54) is 12.4 Å². The van der Waals surface area contributed by atoms with Crippen molar-refractivity contribution in [1.82, 2.24) is 15.3 Å². The van der Waals surface area contributed by atoms with Crippen LogP contribution in [0.4, 0.5) is 4.79 Å². The third kappa shape index (κ3) is 3.84. The Morgan fingerprint density at radius 3 is 2.14 bits per heavy atom. The highest BCUT2D eigenvalue weighted by Gasteiger charge is 2.30. The standard InChI is InChI=1S/C21H16BrN3O4/c22-20-23-9-12(10-24-20)18(19(26)27)25-21(28)29-11-17-15-7-3-1-5-13(15)14-6-2-4-8-16(14)17/h1-10,17-18H,11H2,(H,25,28)(H,26,27). The number of halogens is 1. The van der Waals surface area contributed by atoms with Gasteiger partial charge in [-0.1, -0.05) is 48.5 Å². The van der Waals surface area contributed by atoms with E-state index in [0.717, 1.165) is 22.3 Å². The molecule has 0 bridgehead atoms. The van der Waals surface area contributed by atoms with Crippen molar-refractivity contribution in [2.24, 2.45) is 0 Å². The van der Waals surface area contributed by atoms with Crippen LogP contribution in [0, 0.1) is 0 Å². The molecule has 2 aromatic carbocycles. The highest BCUT2D eigenvalue weighted by Crippen LogP contribution is 2.44. The lowest BCUT2D eigenvalue weighted by Crippen LogP contribution is -2.35. The van der Waals surface area contributed by atoms with Gasteiger partial charge in [-0.3, -0.25) is 0 Å². The summed E-state index contributed by atoms with van der Waals surface area (Å²) in [5.41, 5.74) is 4.64. The number of fused-ring (bicyclic) bond motifs is 3. The highest BCUT2D eigenvalue weighted by atomic mass is 79.9. The topological polar surface area (TPSA) is 101 Å². The zero-order chi connectivity index (χ0) is 20.4. The van der Waals surface area contributed by atoms with Gasteiger partial charge in [0.1, 0.15) is 6.61 Å². The molecule has 8 heteroatoms. The first-order chi connectivity index (χ1) is 14.0. The molecule has 0 saturated carbocycles. The van der Waals surface area contributed by atoms with Crippen LogP contribution in [0.3, 0.4) is 0 Å². The largest absolute Gasteiger partial charge is 0.479 e. The number of amides is 1. The average Bonchev–Trinajstić information content (AvgIpc) is 3.05. The quantitative estimate of drug-likeness (QED) is 0.567. The van der Waals surface area contributed by atoms with Crippen LogP contribution in [0.5, 0.6) is 0 Å². The minimum absolute atomic E-state index is 0.100. The Balaban J connectivity index is 1.48. The second-order valence-electron chi connectivity index (χ2n) is 6.53. The number of carboxylic acid groups (broad SMARTS) is 1. The molecule has 0 saturated heterocycles. The number of alkyl carbamates (subject to hydrolysis) is 1. The van der Waals surface area contributed by atoms with Gasteiger partial charge in [-0.15, -0.1) is 0 Å². The minimum Gasteiger partial charge on any atom is -0.479 e. The summed E-state index contributed by atoms with van der Waals surface area (Å²) < 4.78 is 5.73. The second kappa shape index (κ2) is 8.00. The van der Waals surface area contributed by atoms with E-state index in [9.17, 15) is 14.7 Å². The maximum absolute atomic E-state index is 12.3. The van der Waals surface area contributed by atoms with Gasteiger partial charge in [0.25, 0.3) is 0 Å².